The lowest BCUT2D eigenvalue weighted by Crippen LogP contribution is -2.30. The van der Waals surface area contributed by atoms with Crippen LogP contribution in [0.3, 0.4) is 0 Å². The third-order valence-electron chi connectivity index (χ3n) is 2.05. The van der Waals surface area contributed by atoms with Gasteiger partial charge in [-0.25, -0.2) is 0 Å². The first-order chi connectivity index (χ1) is 6.20. The third kappa shape index (κ3) is 1.95. The highest BCUT2D eigenvalue weighted by Gasteiger charge is 2.32. The van der Waals surface area contributed by atoms with Crippen LogP contribution in [0.4, 0.5) is 0 Å². The molecule has 1 rings (SSSR count). The predicted molar refractivity (Wildman–Crippen MR) is 46.8 cm³/mol. The number of hydrogen-bond acceptors (Lipinski definition) is 3. The molecule has 0 radical (unpaired) electrons. The summed E-state index contributed by atoms with van der Waals surface area (Å²) in [7, 11) is 0. The molecule has 0 atom stereocenters. The molecule has 0 aliphatic carbocycles. The van der Waals surface area contributed by atoms with Crippen LogP contribution < -0.4 is 0 Å². The number of amides is 2. The Morgan fingerprint density at radius 1 is 1.54 bits per heavy atom. The van der Waals surface area contributed by atoms with Gasteiger partial charge in [0.05, 0.1) is 6.42 Å². The van der Waals surface area contributed by atoms with Crippen molar-refractivity contribution < 1.29 is 14.7 Å². The van der Waals surface area contributed by atoms with Crippen molar-refractivity contribution in [2.75, 3.05) is 13.2 Å². The maximum absolute atomic E-state index is 11.4. The molecule has 1 N–H and O–H groups in total. The molecular weight excluding hydrogens is 170 g/mol. The molecule has 1 fully saturated rings. The lowest BCUT2D eigenvalue weighted by atomic mass is 10.2. The first-order valence-corrected chi connectivity index (χ1v) is 4.31. The molecule has 4 nitrogen and oxygen atoms in total. The molecule has 1 saturated heterocycles. The highest BCUT2D eigenvalue weighted by molar-refractivity contribution is 6.13. The Bertz CT molecular complexity index is 258. The topological polar surface area (TPSA) is 57.6 Å². The van der Waals surface area contributed by atoms with E-state index in [1.807, 2.05) is 0 Å². The van der Waals surface area contributed by atoms with E-state index in [0.29, 0.717) is 18.5 Å². The SMILES string of the molecule is C/C=C1/CC(=O)N(CCCO)C1=O. The molecule has 0 spiro atoms. The van der Waals surface area contributed by atoms with Gasteiger partial charge >= 0.3 is 0 Å². The Morgan fingerprint density at radius 3 is 2.69 bits per heavy atom. The molecule has 1 aliphatic rings. The number of rotatable bonds is 3. The van der Waals surface area contributed by atoms with Crippen LogP contribution in [0, 0.1) is 0 Å². The number of carbonyl (C=O) groups is 2. The van der Waals surface area contributed by atoms with E-state index in [1.54, 1.807) is 13.0 Å². The summed E-state index contributed by atoms with van der Waals surface area (Å²) in [5, 5.41) is 8.56. The Labute approximate surface area is 76.8 Å². The van der Waals surface area contributed by atoms with Gasteiger partial charge in [0.25, 0.3) is 5.91 Å². The smallest absolute Gasteiger partial charge is 0.256 e. The zero-order valence-corrected chi connectivity index (χ0v) is 7.62. The van der Waals surface area contributed by atoms with Crippen LogP contribution in [0.1, 0.15) is 19.8 Å². The minimum absolute atomic E-state index is 0.00221. The van der Waals surface area contributed by atoms with Crippen LogP contribution in [-0.4, -0.2) is 35.0 Å². The van der Waals surface area contributed by atoms with E-state index in [9.17, 15) is 9.59 Å². The largest absolute Gasteiger partial charge is 0.396 e. The van der Waals surface area contributed by atoms with Gasteiger partial charge in [-0.2, -0.15) is 0 Å². The number of likely N-dealkylation sites (tertiary alicyclic amines) is 1. The average molecular weight is 183 g/mol. The average Bonchev–Trinajstić information content (AvgIpc) is 2.39. The zero-order chi connectivity index (χ0) is 9.84. The molecule has 0 saturated carbocycles. The van der Waals surface area contributed by atoms with Gasteiger partial charge in [0, 0.05) is 18.7 Å². The normalized spacial score (nSPS) is 20.5. The molecule has 4 heteroatoms. The highest BCUT2D eigenvalue weighted by atomic mass is 16.3. The monoisotopic (exact) mass is 183 g/mol. The Kier molecular flexibility index (Phi) is 3.19. The molecule has 0 bridgehead atoms. The fourth-order valence-electron chi connectivity index (χ4n) is 1.30. The number of carbonyl (C=O) groups excluding carboxylic acids is 2. The number of imide groups is 1. The van der Waals surface area contributed by atoms with Crippen molar-refractivity contribution in [1.29, 1.82) is 0 Å². The summed E-state index contributed by atoms with van der Waals surface area (Å²) >= 11 is 0. The predicted octanol–water partition coefficient (Wildman–Crippen LogP) is 0.0740. The molecule has 72 valence electrons. The minimum atomic E-state index is -0.207. The van der Waals surface area contributed by atoms with Crippen LogP contribution in [0.5, 0.6) is 0 Å². The second-order valence-corrected chi connectivity index (χ2v) is 2.92. The van der Waals surface area contributed by atoms with Gasteiger partial charge in [-0.1, -0.05) is 6.08 Å². The van der Waals surface area contributed by atoms with Crippen LogP contribution >= 0.6 is 0 Å². The van der Waals surface area contributed by atoms with E-state index >= 15 is 0 Å². The van der Waals surface area contributed by atoms with Crippen molar-refractivity contribution in [3.63, 3.8) is 0 Å². The van der Waals surface area contributed by atoms with Gasteiger partial charge in [0.2, 0.25) is 5.91 Å². The number of aliphatic hydroxyl groups excluding tert-OH is 1. The van der Waals surface area contributed by atoms with Crippen LogP contribution in [0.15, 0.2) is 11.6 Å². The molecule has 0 unspecified atom stereocenters. The fraction of sp³-hybridized carbons (Fsp3) is 0.556. The van der Waals surface area contributed by atoms with E-state index in [4.69, 9.17) is 5.11 Å². The summed E-state index contributed by atoms with van der Waals surface area (Å²) in [5.41, 5.74) is 0.558. The van der Waals surface area contributed by atoms with Crippen molar-refractivity contribution in [3.05, 3.63) is 11.6 Å². The molecule has 0 aromatic heterocycles. The number of allylic oxidation sites excluding steroid dienone is 1. The van der Waals surface area contributed by atoms with E-state index < -0.39 is 0 Å². The van der Waals surface area contributed by atoms with Gasteiger partial charge in [-0.05, 0) is 13.3 Å². The van der Waals surface area contributed by atoms with Crippen molar-refractivity contribution >= 4 is 11.8 Å². The van der Waals surface area contributed by atoms with E-state index in [2.05, 4.69) is 0 Å². The van der Waals surface area contributed by atoms with Gasteiger partial charge in [-0.15, -0.1) is 0 Å². The van der Waals surface area contributed by atoms with Gasteiger partial charge < -0.3 is 5.11 Å². The van der Waals surface area contributed by atoms with E-state index in [-0.39, 0.29) is 24.8 Å². The summed E-state index contributed by atoms with van der Waals surface area (Å²) < 4.78 is 0. The first kappa shape index (κ1) is 9.92. The van der Waals surface area contributed by atoms with Crippen LogP contribution in [0.2, 0.25) is 0 Å². The summed E-state index contributed by atoms with van der Waals surface area (Å²) in [6.45, 7) is 2.07. The second-order valence-electron chi connectivity index (χ2n) is 2.92. The molecule has 0 aromatic rings. The second kappa shape index (κ2) is 4.18. The quantitative estimate of drug-likeness (QED) is 0.497. The fourth-order valence-corrected chi connectivity index (χ4v) is 1.30. The Balaban J connectivity index is 2.65. The zero-order valence-electron chi connectivity index (χ0n) is 7.62. The molecule has 2 amide bonds. The number of nitrogens with zero attached hydrogens (tertiary/aromatic N) is 1. The van der Waals surface area contributed by atoms with Crippen molar-refractivity contribution in [2.45, 2.75) is 19.8 Å². The lowest BCUT2D eigenvalue weighted by Gasteiger charge is -2.11. The summed E-state index contributed by atoms with van der Waals surface area (Å²) in [4.78, 5) is 23.9. The highest BCUT2D eigenvalue weighted by Crippen LogP contribution is 2.18. The van der Waals surface area contributed by atoms with Gasteiger partial charge in [0.15, 0.2) is 0 Å². The summed E-state index contributed by atoms with van der Waals surface area (Å²) in [6, 6.07) is 0. The van der Waals surface area contributed by atoms with Crippen LogP contribution in [0.25, 0.3) is 0 Å². The van der Waals surface area contributed by atoms with Crippen LogP contribution in [-0.2, 0) is 9.59 Å². The summed E-state index contributed by atoms with van der Waals surface area (Å²) in [6.07, 6.45) is 2.33. The maximum atomic E-state index is 11.4. The Morgan fingerprint density at radius 2 is 2.23 bits per heavy atom. The Hall–Kier alpha value is -1.16. The molecule has 1 aliphatic heterocycles. The van der Waals surface area contributed by atoms with Crippen molar-refractivity contribution in [2.24, 2.45) is 0 Å². The number of hydrogen-bond donors (Lipinski definition) is 1. The third-order valence-corrected chi connectivity index (χ3v) is 2.05. The standard InChI is InChI=1S/C9H13NO3/c1-2-7-6-8(12)10(9(7)13)4-3-5-11/h2,11H,3-6H2,1H3/b7-2-. The molecular formula is C9H13NO3. The van der Waals surface area contributed by atoms with Gasteiger partial charge in [0.1, 0.15) is 0 Å². The molecule has 1 heterocycles. The molecule has 13 heavy (non-hydrogen) atoms. The number of aliphatic hydroxyl groups is 1. The lowest BCUT2D eigenvalue weighted by molar-refractivity contribution is -0.137. The van der Waals surface area contributed by atoms with E-state index in [1.165, 1.54) is 4.90 Å². The van der Waals surface area contributed by atoms with E-state index in [0.717, 1.165) is 0 Å². The van der Waals surface area contributed by atoms with Crippen molar-refractivity contribution in [1.82, 2.24) is 4.90 Å². The van der Waals surface area contributed by atoms with Crippen molar-refractivity contribution in [3.8, 4) is 0 Å². The first-order valence-electron chi connectivity index (χ1n) is 4.31. The molecule has 0 aromatic carbocycles. The minimum Gasteiger partial charge on any atom is -0.396 e. The summed E-state index contributed by atoms with van der Waals surface area (Å²) in [5.74, 6) is -0.368. The van der Waals surface area contributed by atoms with Gasteiger partial charge in [-0.3, -0.25) is 14.5 Å². The maximum Gasteiger partial charge on any atom is 0.256 e.